The van der Waals surface area contributed by atoms with Crippen molar-refractivity contribution < 1.29 is 0 Å². The normalized spacial score (nSPS) is 11.5. The van der Waals surface area contributed by atoms with Gasteiger partial charge in [0.1, 0.15) is 0 Å². The molecule has 0 saturated carbocycles. The fourth-order valence-electron chi connectivity index (χ4n) is 1.74. The predicted molar refractivity (Wildman–Crippen MR) is 65.5 cm³/mol. The van der Waals surface area contributed by atoms with E-state index in [-0.39, 0.29) is 0 Å². The molecule has 0 aromatic carbocycles. The molecule has 0 amide bonds. The van der Waals surface area contributed by atoms with Gasteiger partial charge in [0, 0.05) is 0 Å². The van der Waals surface area contributed by atoms with Crippen LogP contribution in [0.2, 0.25) is 18.8 Å². The van der Waals surface area contributed by atoms with Gasteiger partial charge in [-0.3, -0.25) is 0 Å². The molecule has 0 unspecified atom stereocenters. The van der Waals surface area contributed by atoms with Gasteiger partial charge in [0.05, 0.1) is 0 Å². The average molecular weight is 384 g/mol. The summed E-state index contributed by atoms with van der Waals surface area (Å²) in [5, 5.41) is 0. The molecule has 0 aromatic heterocycles. The number of rotatable bonds is 7. The zero-order valence-corrected chi connectivity index (χ0v) is 16.0. The van der Waals surface area contributed by atoms with Crippen LogP contribution in [-0.2, 0) is 0 Å². The Labute approximate surface area is 89.1 Å². The monoisotopic (exact) mass is 386 g/mol. The quantitative estimate of drug-likeness (QED) is 0.591. The average Bonchev–Trinajstić information content (AvgIpc) is 2.04. The van der Waals surface area contributed by atoms with E-state index in [0.29, 0.717) is 0 Å². The standard InChI is InChI=1S/2C4H9.2CH3.2Sn.2H/c2*1-3-4-2;;;;;;/h2*1,3-4H2,2H3;2*1H3;;;;. The summed E-state index contributed by atoms with van der Waals surface area (Å²) < 4.78 is 3.51. The van der Waals surface area contributed by atoms with Crippen molar-refractivity contribution >= 4 is 31.6 Å². The Kier molecular flexibility index (Phi) is 10.4. The van der Waals surface area contributed by atoms with Gasteiger partial charge in [-0.25, -0.2) is 0 Å². The summed E-state index contributed by atoms with van der Waals surface area (Å²) in [6.45, 7) is 4.69. The van der Waals surface area contributed by atoms with Crippen LogP contribution in [0.1, 0.15) is 39.5 Å². The molecule has 0 atom stereocenters. The van der Waals surface area contributed by atoms with Crippen LogP contribution in [0.3, 0.4) is 0 Å². The van der Waals surface area contributed by atoms with Crippen LogP contribution in [0.25, 0.3) is 0 Å². The van der Waals surface area contributed by atoms with Crippen LogP contribution in [0.4, 0.5) is 0 Å². The Morgan fingerprint density at radius 1 is 0.833 bits per heavy atom. The summed E-state index contributed by atoms with van der Waals surface area (Å²) in [5.74, 6) is 0. The fourth-order valence-corrected chi connectivity index (χ4v) is 46.2. The van der Waals surface area contributed by atoms with Crippen LogP contribution < -0.4 is 0 Å². The summed E-state index contributed by atoms with van der Waals surface area (Å²) in [6.07, 6.45) is 6.02. The van der Waals surface area contributed by atoms with E-state index in [1.165, 1.54) is 12.8 Å². The zero-order chi connectivity index (χ0) is 9.40. The van der Waals surface area contributed by atoms with E-state index in [9.17, 15) is 0 Å². The second-order valence-electron chi connectivity index (χ2n) is 4.29. The molecule has 0 fully saturated rings. The summed E-state index contributed by atoms with van der Waals surface area (Å²) in [4.78, 5) is 5.35. The van der Waals surface area contributed by atoms with Gasteiger partial charge in [-0.15, -0.1) is 0 Å². The van der Waals surface area contributed by atoms with Gasteiger partial charge in [0.25, 0.3) is 0 Å². The zero-order valence-electron chi connectivity index (χ0n) is 9.40. The Hall–Kier alpha value is 1.60. The Morgan fingerprint density at radius 2 is 1.25 bits per heavy atom. The molecule has 74 valence electrons. The van der Waals surface area contributed by atoms with E-state index < -0.39 is 31.6 Å². The van der Waals surface area contributed by atoms with E-state index >= 15 is 0 Å². The van der Waals surface area contributed by atoms with Gasteiger partial charge in [0.2, 0.25) is 0 Å². The maximum absolute atomic E-state index is 2.67. The topological polar surface area (TPSA) is 0 Å². The number of hydrogen-bond acceptors (Lipinski definition) is 0. The first kappa shape index (κ1) is 13.6. The van der Waals surface area contributed by atoms with Crippen molar-refractivity contribution in [2.24, 2.45) is 0 Å². The molecular weight excluding hydrogens is 358 g/mol. The van der Waals surface area contributed by atoms with E-state index in [4.69, 9.17) is 0 Å². The minimum atomic E-state index is -0.815. The van der Waals surface area contributed by atoms with Gasteiger partial charge < -0.3 is 0 Å². The first-order valence-electron chi connectivity index (χ1n) is 5.72. The molecular formula is C10H26Sn2. The third-order valence-corrected chi connectivity index (χ3v) is 63.6. The Balaban J connectivity index is 3.55. The SMILES string of the molecule is CCC[CH2][SnH]([CH2]CCC)[SnH]([CH3])[CH3]. The molecule has 0 N–H and O–H groups in total. The van der Waals surface area contributed by atoms with Crippen molar-refractivity contribution in [1.29, 1.82) is 0 Å². The molecule has 0 heterocycles. The molecule has 0 bridgehead atoms. The van der Waals surface area contributed by atoms with Crippen molar-refractivity contribution in [1.82, 2.24) is 0 Å². The Bertz CT molecular complexity index is 83.8. The van der Waals surface area contributed by atoms with Gasteiger partial charge in [-0.05, 0) is 0 Å². The maximum atomic E-state index is 2.67. The number of unbranched alkanes of at least 4 members (excludes halogenated alkanes) is 2. The van der Waals surface area contributed by atoms with E-state index in [0.717, 1.165) is 0 Å². The first-order valence-corrected chi connectivity index (χ1v) is 31.6. The Morgan fingerprint density at radius 3 is 1.50 bits per heavy atom. The fraction of sp³-hybridized carbons (Fsp3) is 1.00. The van der Waals surface area contributed by atoms with Crippen molar-refractivity contribution in [3.05, 3.63) is 0 Å². The summed E-state index contributed by atoms with van der Waals surface area (Å²) in [5.41, 5.74) is 0. The molecule has 0 spiro atoms. The second-order valence-corrected chi connectivity index (χ2v) is 62.6. The van der Waals surface area contributed by atoms with Gasteiger partial charge in [-0.1, -0.05) is 0 Å². The van der Waals surface area contributed by atoms with Crippen molar-refractivity contribution in [3.8, 4) is 0 Å². The molecule has 2 heteroatoms. The van der Waals surface area contributed by atoms with E-state index in [2.05, 4.69) is 23.7 Å². The molecule has 0 aliphatic carbocycles. The first-order chi connectivity index (χ1) is 5.72. The van der Waals surface area contributed by atoms with Crippen LogP contribution >= 0.6 is 0 Å². The van der Waals surface area contributed by atoms with Gasteiger partial charge in [-0.2, -0.15) is 0 Å². The molecule has 0 radical (unpaired) electrons. The molecule has 0 saturated heterocycles. The van der Waals surface area contributed by atoms with E-state index in [1.54, 1.807) is 21.7 Å². The van der Waals surface area contributed by atoms with Crippen molar-refractivity contribution in [2.45, 2.75) is 58.3 Å². The minimum absolute atomic E-state index is 0.774. The summed E-state index contributed by atoms with van der Waals surface area (Å²) in [7, 11) is 0. The molecule has 0 aliphatic heterocycles. The summed E-state index contributed by atoms with van der Waals surface area (Å²) in [6, 6.07) is 0. The molecule has 0 aromatic rings. The van der Waals surface area contributed by atoms with Crippen LogP contribution in [0.5, 0.6) is 0 Å². The number of hydrogen-bond donors (Lipinski definition) is 0. The molecule has 12 heavy (non-hydrogen) atoms. The van der Waals surface area contributed by atoms with Crippen LogP contribution in [-0.4, -0.2) is 31.6 Å². The van der Waals surface area contributed by atoms with Gasteiger partial charge >= 0.3 is 89.9 Å². The second kappa shape index (κ2) is 9.16. The summed E-state index contributed by atoms with van der Waals surface area (Å²) >= 11 is -1.59. The van der Waals surface area contributed by atoms with Crippen molar-refractivity contribution in [3.63, 3.8) is 0 Å². The van der Waals surface area contributed by atoms with E-state index in [1.807, 2.05) is 0 Å². The van der Waals surface area contributed by atoms with Gasteiger partial charge in [0.15, 0.2) is 0 Å². The third kappa shape index (κ3) is 7.04. The van der Waals surface area contributed by atoms with Crippen molar-refractivity contribution in [2.75, 3.05) is 0 Å². The van der Waals surface area contributed by atoms with Crippen LogP contribution in [0, 0.1) is 0 Å². The molecule has 0 nitrogen and oxygen atoms in total. The third-order valence-electron chi connectivity index (χ3n) is 2.80. The van der Waals surface area contributed by atoms with Crippen LogP contribution in [0.15, 0.2) is 0 Å². The predicted octanol–water partition coefficient (Wildman–Crippen LogP) is 3.38. The molecule has 0 aliphatic rings. The molecule has 0 rings (SSSR count).